The van der Waals surface area contributed by atoms with Crippen LogP contribution in [0.3, 0.4) is 0 Å². The Hall–Kier alpha value is -3.93. The number of nitrogens with zero attached hydrogens (tertiary/aromatic N) is 7. The molecule has 11 nitrogen and oxygen atoms in total. The summed E-state index contributed by atoms with van der Waals surface area (Å²) in [7, 11) is 0. The smallest absolute Gasteiger partial charge is 0.312 e. The van der Waals surface area contributed by atoms with Crippen LogP contribution in [0.25, 0.3) is 0 Å². The lowest BCUT2D eigenvalue weighted by atomic mass is 10.1. The summed E-state index contributed by atoms with van der Waals surface area (Å²) in [6.07, 6.45) is 1.58. The van der Waals surface area contributed by atoms with E-state index in [1.165, 1.54) is 11.8 Å². The first kappa shape index (κ1) is 24.2. The van der Waals surface area contributed by atoms with Crippen molar-refractivity contribution < 1.29 is 14.1 Å². The zero-order chi connectivity index (χ0) is 25.1. The van der Waals surface area contributed by atoms with Gasteiger partial charge in [-0.15, -0.1) is 10.2 Å². The lowest BCUT2D eigenvalue weighted by molar-refractivity contribution is -0.386. The number of hydrogen-bond donors (Lipinski definition) is 0. The first-order valence-corrected chi connectivity index (χ1v) is 11.8. The Balaban J connectivity index is 1.41. The van der Waals surface area contributed by atoms with E-state index in [9.17, 15) is 10.1 Å². The average Bonchev–Trinajstić information content (AvgIpc) is 3.46. The molecule has 0 unspecified atom stereocenters. The van der Waals surface area contributed by atoms with Gasteiger partial charge in [-0.05, 0) is 70.0 Å². The van der Waals surface area contributed by atoms with Gasteiger partial charge in [0.2, 0.25) is 5.16 Å². The molecule has 1 aromatic carbocycles. The van der Waals surface area contributed by atoms with Crippen LogP contribution in [-0.4, -0.2) is 35.8 Å². The molecule has 3 aromatic heterocycles. The van der Waals surface area contributed by atoms with Gasteiger partial charge in [0.05, 0.1) is 17.0 Å². The second kappa shape index (κ2) is 10.1. The summed E-state index contributed by atoms with van der Waals surface area (Å²) >= 11 is 1.32. The molecule has 0 atom stereocenters. The molecule has 0 fully saturated rings. The first-order valence-electron chi connectivity index (χ1n) is 10.8. The molecule has 0 radical (unpaired) electrons. The van der Waals surface area contributed by atoms with E-state index in [1.807, 2.05) is 38.1 Å². The minimum Gasteiger partial charge on any atom is -0.486 e. The summed E-state index contributed by atoms with van der Waals surface area (Å²) in [5.41, 5.74) is 3.16. The number of hydrogen-bond acceptors (Lipinski definition) is 9. The zero-order valence-corrected chi connectivity index (χ0v) is 20.9. The van der Waals surface area contributed by atoms with Gasteiger partial charge in [-0.1, -0.05) is 17.8 Å². The number of thioether (sulfide) groups is 1. The summed E-state index contributed by atoms with van der Waals surface area (Å²) in [4.78, 5) is 10.8. The lowest BCUT2D eigenvalue weighted by Gasteiger charge is -2.06. The average molecular weight is 496 g/mol. The molecule has 35 heavy (non-hydrogen) atoms. The molecule has 0 bridgehead atoms. The number of benzene rings is 1. The Morgan fingerprint density at radius 3 is 2.57 bits per heavy atom. The van der Waals surface area contributed by atoms with Gasteiger partial charge in [0.1, 0.15) is 35.3 Å². The monoisotopic (exact) mass is 495 g/mol. The van der Waals surface area contributed by atoms with Crippen LogP contribution in [0.5, 0.6) is 5.75 Å². The SMILES string of the molecule is Cc1cc(C)cc(OCc2ccc(C=Nn3c(C)nnc3SCn3nc(C)c([N+](=O)[O-])c3C)o2)c1. The topological polar surface area (TPSA) is 126 Å². The van der Waals surface area contributed by atoms with Gasteiger partial charge in [-0.2, -0.15) is 14.9 Å². The van der Waals surface area contributed by atoms with E-state index in [-0.39, 0.29) is 5.69 Å². The molecule has 0 saturated heterocycles. The summed E-state index contributed by atoms with van der Waals surface area (Å²) < 4.78 is 14.8. The van der Waals surface area contributed by atoms with Crippen molar-refractivity contribution >= 4 is 23.7 Å². The Labute approximate surface area is 206 Å². The molecule has 0 aliphatic rings. The molecular weight excluding hydrogens is 470 g/mol. The maximum Gasteiger partial charge on any atom is 0.312 e. The van der Waals surface area contributed by atoms with Crippen molar-refractivity contribution in [1.29, 1.82) is 0 Å². The van der Waals surface area contributed by atoms with E-state index in [1.54, 1.807) is 36.3 Å². The molecule has 4 rings (SSSR count). The lowest BCUT2D eigenvalue weighted by Crippen LogP contribution is -2.02. The largest absolute Gasteiger partial charge is 0.486 e. The number of nitro groups is 1. The fourth-order valence-corrected chi connectivity index (χ4v) is 4.47. The Kier molecular flexibility index (Phi) is 7.01. The highest BCUT2D eigenvalue weighted by molar-refractivity contribution is 7.98. The van der Waals surface area contributed by atoms with Crippen molar-refractivity contribution in [2.45, 2.75) is 52.3 Å². The number of aromatic nitrogens is 5. The van der Waals surface area contributed by atoms with Crippen LogP contribution in [0.2, 0.25) is 0 Å². The Morgan fingerprint density at radius 1 is 1.14 bits per heavy atom. The number of ether oxygens (including phenoxy) is 1. The van der Waals surface area contributed by atoms with Gasteiger partial charge in [-0.25, -0.2) is 0 Å². The van der Waals surface area contributed by atoms with Crippen molar-refractivity contribution in [3.63, 3.8) is 0 Å². The minimum atomic E-state index is -0.416. The van der Waals surface area contributed by atoms with Crippen LogP contribution < -0.4 is 4.74 Å². The highest BCUT2D eigenvalue weighted by Crippen LogP contribution is 2.26. The molecular formula is C23H25N7O4S. The standard InChI is InChI=1S/C23H25N7O4S/c1-14-8-15(2)10-21(9-14)33-12-20-7-6-19(34-20)11-24-29-18(5)25-26-23(29)35-13-28-17(4)22(30(31)32)16(3)27-28/h6-11H,12-13H2,1-5H3. The van der Waals surface area contributed by atoms with Crippen molar-refractivity contribution in [2.24, 2.45) is 5.10 Å². The van der Waals surface area contributed by atoms with Crippen molar-refractivity contribution in [3.8, 4) is 5.75 Å². The van der Waals surface area contributed by atoms with Crippen LogP contribution >= 0.6 is 11.8 Å². The van der Waals surface area contributed by atoms with Gasteiger partial charge in [0, 0.05) is 0 Å². The summed E-state index contributed by atoms with van der Waals surface area (Å²) in [6.45, 7) is 9.44. The highest BCUT2D eigenvalue weighted by Gasteiger charge is 2.22. The molecule has 0 N–H and O–H groups in total. The summed E-state index contributed by atoms with van der Waals surface area (Å²) in [5, 5.41) is 28.7. The highest BCUT2D eigenvalue weighted by atomic mass is 32.2. The maximum atomic E-state index is 11.2. The van der Waals surface area contributed by atoms with E-state index < -0.39 is 4.92 Å². The number of rotatable bonds is 9. The fraction of sp³-hybridized carbons (Fsp3) is 0.304. The Morgan fingerprint density at radius 2 is 1.89 bits per heavy atom. The molecule has 0 spiro atoms. The maximum absolute atomic E-state index is 11.2. The summed E-state index contributed by atoms with van der Waals surface area (Å²) in [6, 6.07) is 9.71. The molecule has 0 saturated carbocycles. The van der Waals surface area contributed by atoms with E-state index in [0.29, 0.717) is 46.4 Å². The fourth-order valence-electron chi connectivity index (χ4n) is 3.58. The van der Waals surface area contributed by atoms with Gasteiger partial charge in [0.15, 0.2) is 5.82 Å². The quantitative estimate of drug-likeness (QED) is 0.141. The van der Waals surface area contributed by atoms with Crippen molar-refractivity contribution in [3.05, 3.63) is 80.3 Å². The molecule has 0 aliphatic carbocycles. The normalized spacial score (nSPS) is 11.5. The van der Waals surface area contributed by atoms with Crippen LogP contribution in [0.1, 0.15) is 39.9 Å². The minimum absolute atomic E-state index is 0.0244. The second-order valence-corrected chi connectivity index (χ2v) is 8.96. The first-order chi connectivity index (χ1) is 16.7. The molecule has 12 heteroatoms. The molecule has 0 aliphatic heterocycles. The molecule has 3 heterocycles. The van der Waals surface area contributed by atoms with Gasteiger partial charge in [0.25, 0.3) is 0 Å². The second-order valence-electron chi connectivity index (χ2n) is 8.05. The van der Waals surface area contributed by atoms with Crippen molar-refractivity contribution in [1.82, 2.24) is 24.7 Å². The predicted octanol–water partition coefficient (Wildman–Crippen LogP) is 4.73. The van der Waals surface area contributed by atoms with Crippen LogP contribution in [0.15, 0.2) is 45.0 Å². The van der Waals surface area contributed by atoms with E-state index in [0.717, 1.165) is 16.9 Å². The molecule has 0 amide bonds. The Bertz CT molecular complexity index is 1380. The van der Waals surface area contributed by atoms with E-state index >= 15 is 0 Å². The third kappa shape index (κ3) is 5.60. The van der Waals surface area contributed by atoms with Gasteiger partial charge < -0.3 is 9.15 Å². The number of furan rings is 1. The van der Waals surface area contributed by atoms with Crippen LogP contribution in [0.4, 0.5) is 5.69 Å². The number of aryl methyl sites for hydroxylation is 4. The summed E-state index contributed by atoms with van der Waals surface area (Å²) in [5.74, 6) is 2.94. The molecule has 182 valence electrons. The van der Waals surface area contributed by atoms with Crippen molar-refractivity contribution in [2.75, 3.05) is 0 Å². The zero-order valence-electron chi connectivity index (χ0n) is 20.1. The van der Waals surface area contributed by atoms with Crippen LogP contribution in [0, 0.1) is 44.7 Å². The van der Waals surface area contributed by atoms with Crippen LogP contribution in [-0.2, 0) is 12.5 Å². The predicted molar refractivity (Wildman–Crippen MR) is 131 cm³/mol. The van der Waals surface area contributed by atoms with E-state index in [4.69, 9.17) is 9.15 Å². The third-order valence-electron chi connectivity index (χ3n) is 5.17. The third-order valence-corrected chi connectivity index (χ3v) is 6.06. The van der Waals surface area contributed by atoms with E-state index in [2.05, 4.69) is 26.5 Å². The van der Waals surface area contributed by atoms with Gasteiger partial charge in [-0.3, -0.25) is 14.8 Å². The molecule has 4 aromatic rings. The van der Waals surface area contributed by atoms with Gasteiger partial charge >= 0.3 is 5.69 Å².